The standard InChI is InChI=1S/C13H18O2/c1-8(2)10-5-3-4-9-6-12(14)13(15)7-11(9)10/h3-5,8,12-15H,6-7H2,1-2H3. The van der Waals surface area contributed by atoms with Crippen LogP contribution in [0.5, 0.6) is 0 Å². The molecule has 0 amide bonds. The van der Waals surface area contributed by atoms with E-state index in [0.29, 0.717) is 18.8 Å². The normalized spacial score (nSPS) is 25.4. The summed E-state index contributed by atoms with van der Waals surface area (Å²) in [4.78, 5) is 0. The van der Waals surface area contributed by atoms with Crippen molar-refractivity contribution < 1.29 is 10.2 Å². The minimum Gasteiger partial charge on any atom is -0.390 e. The molecule has 82 valence electrons. The van der Waals surface area contributed by atoms with Crippen LogP contribution in [-0.4, -0.2) is 22.4 Å². The number of hydrogen-bond acceptors (Lipinski definition) is 2. The highest BCUT2D eigenvalue weighted by atomic mass is 16.3. The van der Waals surface area contributed by atoms with E-state index in [4.69, 9.17) is 0 Å². The molecule has 0 saturated carbocycles. The predicted octanol–water partition coefficient (Wildman–Crippen LogP) is 1.63. The van der Waals surface area contributed by atoms with Gasteiger partial charge in [0.15, 0.2) is 0 Å². The summed E-state index contributed by atoms with van der Waals surface area (Å²) in [6.45, 7) is 4.32. The molecule has 2 nitrogen and oxygen atoms in total. The Labute approximate surface area is 90.6 Å². The van der Waals surface area contributed by atoms with Crippen LogP contribution in [0.2, 0.25) is 0 Å². The lowest BCUT2D eigenvalue weighted by atomic mass is 9.82. The smallest absolute Gasteiger partial charge is 0.0842 e. The lowest BCUT2D eigenvalue weighted by Crippen LogP contribution is -2.35. The van der Waals surface area contributed by atoms with Crippen LogP contribution in [0.4, 0.5) is 0 Å². The molecule has 0 aliphatic heterocycles. The number of benzene rings is 1. The lowest BCUT2D eigenvalue weighted by Gasteiger charge is -2.28. The Bertz CT molecular complexity index is 358. The zero-order valence-corrected chi connectivity index (χ0v) is 9.27. The number of rotatable bonds is 1. The maximum Gasteiger partial charge on any atom is 0.0842 e. The molecule has 0 saturated heterocycles. The van der Waals surface area contributed by atoms with Gasteiger partial charge >= 0.3 is 0 Å². The van der Waals surface area contributed by atoms with Crippen molar-refractivity contribution in [3.05, 3.63) is 34.9 Å². The average molecular weight is 206 g/mol. The Morgan fingerprint density at radius 3 is 2.47 bits per heavy atom. The maximum atomic E-state index is 9.68. The monoisotopic (exact) mass is 206 g/mol. The van der Waals surface area contributed by atoms with E-state index in [2.05, 4.69) is 26.0 Å². The third kappa shape index (κ3) is 1.92. The lowest BCUT2D eigenvalue weighted by molar-refractivity contribution is 0.0139. The predicted molar refractivity (Wildman–Crippen MR) is 60.0 cm³/mol. The van der Waals surface area contributed by atoms with Crippen LogP contribution in [0.25, 0.3) is 0 Å². The molecule has 0 heterocycles. The Balaban J connectivity index is 2.43. The second-order valence-corrected chi connectivity index (χ2v) is 4.68. The minimum atomic E-state index is -0.600. The van der Waals surface area contributed by atoms with Crippen molar-refractivity contribution in [3.8, 4) is 0 Å². The molecule has 2 heteroatoms. The van der Waals surface area contributed by atoms with Gasteiger partial charge in [-0.25, -0.2) is 0 Å². The van der Waals surface area contributed by atoms with Crippen LogP contribution in [-0.2, 0) is 12.8 Å². The molecule has 1 aliphatic carbocycles. The summed E-state index contributed by atoms with van der Waals surface area (Å²) in [5, 5.41) is 19.3. The zero-order chi connectivity index (χ0) is 11.0. The molecule has 1 aromatic carbocycles. The van der Waals surface area contributed by atoms with Crippen molar-refractivity contribution in [2.75, 3.05) is 0 Å². The van der Waals surface area contributed by atoms with Crippen molar-refractivity contribution >= 4 is 0 Å². The third-order valence-corrected chi connectivity index (χ3v) is 3.22. The molecule has 0 radical (unpaired) electrons. The molecular weight excluding hydrogens is 188 g/mol. The van der Waals surface area contributed by atoms with Crippen molar-refractivity contribution in [2.24, 2.45) is 0 Å². The molecule has 0 fully saturated rings. The van der Waals surface area contributed by atoms with Crippen LogP contribution in [0.3, 0.4) is 0 Å². The summed E-state index contributed by atoms with van der Waals surface area (Å²) in [5.41, 5.74) is 3.74. The van der Waals surface area contributed by atoms with E-state index in [0.717, 1.165) is 0 Å². The van der Waals surface area contributed by atoms with Crippen LogP contribution >= 0.6 is 0 Å². The minimum absolute atomic E-state index is 0.474. The van der Waals surface area contributed by atoms with Crippen molar-refractivity contribution in [2.45, 2.75) is 44.8 Å². The van der Waals surface area contributed by atoms with Gasteiger partial charge in [0.05, 0.1) is 12.2 Å². The van der Waals surface area contributed by atoms with Gasteiger partial charge in [-0.15, -0.1) is 0 Å². The highest BCUT2D eigenvalue weighted by molar-refractivity contribution is 5.40. The van der Waals surface area contributed by atoms with Crippen molar-refractivity contribution in [1.82, 2.24) is 0 Å². The van der Waals surface area contributed by atoms with E-state index < -0.39 is 12.2 Å². The molecule has 2 unspecified atom stereocenters. The molecule has 1 aliphatic rings. The van der Waals surface area contributed by atoms with Gasteiger partial charge in [0.1, 0.15) is 0 Å². The van der Waals surface area contributed by atoms with Crippen molar-refractivity contribution in [3.63, 3.8) is 0 Å². The zero-order valence-electron chi connectivity index (χ0n) is 9.27. The molecular formula is C13H18O2. The summed E-state index contributed by atoms with van der Waals surface area (Å²) in [7, 11) is 0. The molecule has 15 heavy (non-hydrogen) atoms. The van der Waals surface area contributed by atoms with Gasteiger partial charge in [-0.3, -0.25) is 0 Å². The number of hydrogen-bond donors (Lipinski definition) is 2. The fourth-order valence-corrected chi connectivity index (χ4v) is 2.34. The topological polar surface area (TPSA) is 40.5 Å². The van der Waals surface area contributed by atoms with Gasteiger partial charge in [-0.2, -0.15) is 0 Å². The second-order valence-electron chi connectivity index (χ2n) is 4.68. The van der Waals surface area contributed by atoms with Gasteiger partial charge < -0.3 is 10.2 Å². The molecule has 0 bridgehead atoms. The first-order valence-corrected chi connectivity index (χ1v) is 5.56. The Morgan fingerprint density at radius 2 is 1.80 bits per heavy atom. The second kappa shape index (κ2) is 3.95. The van der Waals surface area contributed by atoms with Crippen molar-refractivity contribution in [1.29, 1.82) is 0 Å². The SMILES string of the molecule is CC(C)c1cccc2c1CC(O)C(O)C2. The van der Waals surface area contributed by atoms with Gasteiger partial charge in [-0.1, -0.05) is 32.0 Å². The fourth-order valence-electron chi connectivity index (χ4n) is 2.34. The Morgan fingerprint density at radius 1 is 1.13 bits per heavy atom. The van der Waals surface area contributed by atoms with Gasteiger partial charge in [0, 0.05) is 12.8 Å². The largest absolute Gasteiger partial charge is 0.390 e. The van der Waals surface area contributed by atoms with E-state index in [9.17, 15) is 10.2 Å². The van der Waals surface area contributed by atoms with Gasteiger partial charge in [0.25, 0.3) is 0 Å². The molecule has 2 N–H and O–H groups in total. The van der Waals surface area contributed by atoms with E-state index in [1.54, 1.807) is 0 Å². The Hall–Kier alpha value is -0.860. The number of aliphatic hydroxyl groups is 2. The molecule has 2 atom stereocenters. The van der Waals surface area contributed by atoms with Gasteiger partial charge in [-0.05, 0) is 22.6 Å². The van der Waals surface area contributed by atoms with E-state index >= 15 is 0 Å². The van der Waals surface area contributed by atoms with Crippen LogP contribution in [0.1, 0.15) is 36.5 Å². The molecule has 0 aromatic heterocycles. The number of aliphatic hydroxyl groups excluding tert-OH is 2. The third-order valence-electron chi connectivity index (χ3n) is 3.22. The van der Waals surface area contributed by atoms with E-state index in [1.807, 2.05) is 6.07 Å². The van der Waals surface area contributed by atoms with E-state index in [-0.39, 0.29) is 0 Å². The average Bonchev–Trinajstić information content (AvgIpc) is 2.18. The first kappa shape index (κ1) is 10.7. The summed E-state index contributed by atoms with van der Waals surface area (Å²) >= 11 is 0. The van der Waals surface area contributed by atoms with Crippen LogP contribution < -0.4 is 0 Å². The summed E-state index contributed by atoms with van der Waals surface area (Å²) < 4.78 is 0. The number of fused-ring (bicyclic) bond motifs is 1. The van der Waals surface area contributed by atoms with Gasteiger partial charge in [0.2, 0.25) is 0 Å². The highest BCUT2D eigenvalue weighted by Gasteiger charge is 2.26. The Kier molecular flexibility index (Phi) is 2.81. The fraction of sp³-hybridized carbons (Fsp3) is 0.538. The highest BCUT2D eigenvalue weighted by Crippen LogP contribution is 2.29. The molecule has 0 spiro atoms. The summed E-state index contributed by atoms with van der Waals surface area (Å²) in [5.74, 6) is 0.474. The quantitative estimate of drug-likeness (QED) is 0.733. The van der Waals surface area contributed by atoms with Crippen LogP contribution in [0, 0.1) is 0 Å². The molecule has 1 aromatic rings. The first-order chi connectivity index (χ1) is 7.09. The van der Waals surface area contributed by atoms with E-state index in [1.165, 1.54) is 16.7 Å². The first-order valence-electron chi connectivity index (χ1n) is 5.56. The summed E-state index contributed by atoms with van der Waals surface area (Å²) in [6, 6.07) is 6.21. The summed E-state index contributed by atoms with van der Waals surface area (Å²) in [6.07, 6.45) is -0.0284. The molecule has 2 rings (SSSR count). The van der Waals surface area contributed by atoms with Crippen LogP contribution in [0.15, 0.2) is 18.2 Å². The maximum absolute atomic E-state index is 9.68.